The van der Waals surface area contributed by atoms with Crippen molar-refractivity contribution in [3.63, 3.8) is 0 Å². The maximum atomic E-state index is 12.2. The molecule has 1 N–H and O–H groups in total. The van der Waals surface area contributed by atoms with Gasteiger partial charge in [0.1, 0.15) is 0 Å². The Balaban J connectivity index is 1.70. The van der Waals surface area contributed by atoms with E-state index in [1.54, 1.807) is 0 Å². The molecule has 0 amide bonds. The van der Waals surface area contributed by atoms with Gasteiger partial charge < -0.3 is 4.98 Å². The SMILES string of the molecule is O=C(CCc1ccc(Cl)cc1)c1ccc2[nH]ccc2c1. The van der Waals surface area contributed by atoms with E-state index in [1.165, 1.54) is 0 Å². The van der Waals surface area contributed by atoms with Crippen molar-refractivity contribution < 1.29 is 4.79 Å². The fourth-order valence-corrected chi connectivity index (χ4v) is 2.41. The second-order valence-corrected chi connectivity index (χ2v) is 5.27. The van der Waals surface area contributed by atoms with Crippen LogP contribution < -0.4 is 0 Å². The van der Waals surface area contributed by atoms with Crippen molar-refractivity contribution in [2.24, 2.45) is 0 Å². The number of Topliss-reactive ketones (excluding diaryl/α,β-unsaturated/α-hetero) is 1. The Hall–Kier alpha value is -2.06. The molecule has 3 heteroatoms. The summed E-state index contributed by atoms with van der Waals surface area (Å²) < 4.78 is 0. The maximum Gasteiger partial charge on any atom is 0.163 e. The van der Waals surface area contributed by atoms with Crippen LogP contribution in [0.3, 0.4) is 0 Å². The summed E-state index contributed by atoms with van der Waals surface area (Å²) in [7, 11) is 0. The molecule has 0 saturated carbocycles. The fraction of sp³-hybridized carbons (Fsp3) is 0.118. The number of aromatic nitrogens is 1. The first-order valence-electron chi connectivity index (χ1n) is 6.57. The van der Waals surface area contributed by atoms with E-state index < -0.39 is 0 Å². The highest BCUT2D eigenvalue weighted by Gasteiger charge is 2.07. The van der Waals surface area contributed by atoms with E-state index in [0.29, 0.717) is 6.42 Å². The van der Waals surface area contributed by atoms with Crippen LogP contribution in [-0.4, -0.2) is 10.8 Å². The summed E-state index contributed by atoms with van der Waals surface area (Å²) in [4.78, 5) is 15.3. The van der Waals surface area contributed by atoms with E-state index in [4.69, 9.17) is 11.6 Å². The molecule has 0 aliphatic rings. The summed E-state index contributed by atoms with van der Waals surface area (Å²) in [5, 5.41) is 1.79. The molecule has 0 fully saturated rings. The Morgan fingerprint density at radius 3 is 2.65 bits per heavy atom. The molecule has 0 bridgehead atoms. The summed E-state index contributed by atoms with van der Waals surface area (Å²) in [5.41, 5.74) is 2.95. The molecule has 0 atom stereocenters. The van der Waals surface area contributed by atoms with Crippen LogP contribution in [0.1, 0.15) is 22.3 Å². The van der Waals surface area contributed by atoms with Gasteiger partial charge in [0, 0.05) is 34.1 Å². The van der Waals surface area contributed by atoms with Gasteiger partial charge >= 0.3 is 0 Å². The van der Waals surface area contributed by atoms with Crippen LogP contribution in [0.5, 0.6) is 0 Å². The molecule has 0 radical (unpaired) electrons. The zero-order valence-corrected chi connectivity index (χ0v) is 11.7. The third-order valence-electron chi connectivity index (χ3n) is 3.43. The molecule has 100 valence electrons. The number of carbonyl (C=O) groups is 1. The van der Waals surface area contributed by atoms with E-state index in [2.05, 4.69) is 4.98 Å². The first-order chi connectivity index (χ1) is 9.72. The number of hydrogen-bond donors (Lipinski definition) is 1. The highest BCUT2D eigenvalue weighted by atomic mass is 35.5. The third-order valence-corrected chi connectivity index (χ3v) is 3.68. The van der Waals surface area contributed by atoms with Gasteiger partial charge in [0.05, 0.1) is 0 Å². The predicted octanol–water partition coefficient (Wildman–Crippen LogP) is 4.64. The van der Waals surface area contributed by atoms with Crippen molar-refractivity contribution in [3.8, 4) is 0 Å². The summed E-state index contributed by atoms with van der Waals surface area (Å²) >= 11 is 5.85. The average Bonchev–Trinajstić information content (AvgIpc) is 2.93. The number of aromatic amines is 1. The molecule has 0 unspecified atom stereocenters. The Bertz CT molecular complexity index is 743. The smallest absolute Gasteiger partial charge is 0.163 e. The monoisotopic (exact) mass is 283 g/mol. The molecule has 3 rings (SSSR count). The van der Waals surface area contributed by atoms with Gasteiger partial charge in [-0.1, -0.05) is 23.7 Å². The molecule has 2 nitrogen and oxygen atoms in total. The average molecular weight is 284 g/mol. The number of hydrogen-bond acceptors (Lipinski definition) is 1. The molecule has 1 heterocycles. The van der Waals surface area contributed by atoms with Crippen LogP contribution in [0.15, 0.2) is 54.7 Å². The Morgan fingerprint density at radius 1 is 1.05 bits per heavy atom. The number of fused-ring (bicyclic) bond motifs is 1. The Kier molecular flexibility index (Phi) is 3.57. The molecule has 0 aliphatic carbocycles. The number of halogens is 1. The molecule has 2 aromatic carbocycles. The normalized spacial score (nSPS) is 10.8. The van der Waals surface area contributed by atoms with Gasteiger partial charge in [-0.25, -0.2) is 0 Å². The number of H-pyrrole nitrogens is 1. The van der Waals surface area contributed by atoms with E-state index in [1.807, 2.05) is 54.7 Å². The van der Waals surface area contributed by atoms with Gasteiger partial charge in [0.2, 0.25) is 0 Å². The molecule has 0 aliphatic heterocycles. The summed E-state index contributed by atoms with van der Waals surface area (Å²) in [6, 6.07) is 15.4. The minimum absolute atomic E-state index is 0.169. The van der Waals surface area contributed by atoms with Crippen LogP contribution in [0.2, 0.25) is 5.02 Å². The summed E-state index contributed by atoms with van der Waals surface area (Å²) in [6.07, 6.45) is 3.13. The van der Waals surface area contributed by atoms with Crippen molar-refractivity contribution >= 4 is 28.3 Å². The quantitative estimate of drug-likeness (QED) is 0.695. The maximum absolute atomic E-state index is 12.2. The lowest BCUT2D eigenvalue weighted by molar-refractivity contribution is 0.0983. The van der Waals surface area contributed by atoms with Gasteiger partial charge in [-0.15, -0.1) is 0 Å². The van der Waals surface area contributed by atoms with Crippen LogP contribution in [-0.2, 0) is 6.42 Å². The molecule has 0 saturated heterocycles. The van der Waals surface area contributed by atoms with Crippen LogP contribution in [0.4, 0.5) is 0 Å². The lowest BCUT2D eigenvalue weighted by Gasteiger charge is -2.03. The van der Waals surface area contributed by atoms with Gasteiger partial charge in [-0.3, -0.25) is 4.79 Å². The minimum atomic E-state index is 0.169. The zero-order valence-electron chi connectivity index (χ0n) is 10.9. The number of ketones is 1. The number of benzene rings is 2. The summed E-state index contributed by atoms with van der Waals surface area (Å²) in [5.74, 6) is 0.169. The standard InChI is InChI=1S/C17H14ClNO/c18-15-5-1-12(2-6-15)3-8-17(20)14-4-7-16-13(11-14)9-10-19-16/h1-2,4-7,9-11,19H,3,8H2. The molecule has 0 spiro atoms. The second kappa shape index (κ2) is 5.51. The molecule has 20 heavy (non-hydrogen) atoms. The first kappa shape index (κ1) is 12.9. The topological polar surface area (TPSA) is 32.9 Å². The van der Waals surface area contributed by atoms with E-state index in [9.17, 15) is 4.79 Å². The molecular formula is C17H14ClNO. The van der Waals surface area contributed by atoms with E-state index in [0.717, 1.165) is 33.5 Å². The number of rotatable bonds is 4. The highest BCUT2D eigenvalue weighted by Crippen LogP contribution is 2.17. The molecule has 3 aromatic rings. The van der Waals surface area contributed by atoms with Crippen molar-refractivity contribution in [2.75, 3.05) is 0 Å². The largest absolute Gasteiger partial charge is 0.361 e. The molecular weight excluding hydrogens is 270 g/mol. The second-order valence-electron chi connectivity index (χ2n) is 4.83. The van der Waals surface area contributed by atoms with Crippen molar-refractivity contribution in [3.05, 3.63) is 70.9 Å². The highest BCUT2D eigenvalue weighted by molar-refractivity contribution is 6.30. The lowest BCUT2D eigenvalue weighted by Crippen LogP contribution is -2.01. The summed E-state index contributed by atoms with van der Waals surface area (Å²) in [6.45, 7) is 0. The van der Waals surface area contributed by atoms with Crippen molar-refractivity contribution in [1.82, 2.24) is 4.98 Å². The number of nitrogens with one attached hydrogen (secondary N) is 1. The Labute approximate surface area is 122 Å². The lowest BCUT2D eigenvalue weighted by atomic mass is 10.0. The predicted molar refractivity (Wildman–Crippen MR) is 82.4 cm³/mol. The zero-order chi connectivity index (χ0) is 13.9. The first-order valence-corrected chi connectivity index (χ1v) is 6.95. The van der Waals surface area contributed by atoms with Crippen LogP contribution in [0.25, 0.3) is 10.9 Å². The van der Waals surface area contributed by atoms with Gasteiger partial charge in [0.25, 0.3) is 0 Å². The van der Waals surface area contributed by atoms with Gasteiger partial charge in [0.15, 0.2) is 5.78 Å². The van der Waals surface area contributed by atoms with Crippen LogP contribution in [0, 0.1) is 0 Å². The van der Waals surface area contributed by atoms with E-state index >= 15 is 0 Å². The van der Waals surface area contributed by atoms with E-state index in [-0.39, 0.29) is 5.78 Å². The minimum Gasteiger partial charge on any atom is -0.361 e. The van der Waals surface area contributed by atoms with Gasteiger partial charge in [-0.2, -0.15) is 0 Å². The van der Waals surface area contributed by atoms with Gasteiger partial charge in [-0.05, 0) is 48.4 Å². The number of carbonyl (C=O) groups excluding carboxylic acids is 1. The van der Waals surface area contributed by atoms with Crippen LogP contribution >= 0.6 is 11.6 Å². The Morgan fingerprint density at radius 2 is 1.85 bits per heavy atom. The fourth-order valence-electron chi connectivity index (χ4n) is 2.28. The van der Waals surface area contributed by atoms with Crippen molar-refractivity contribution in [1.29, 1.82) is 0 Å². The van der Waals surface area contributed by atoms with Crippen molar-refractivity contribution in [2.45, 2.75) is 12.8 Å². The third kappa shape index (κ3) is 2.75. The number of aryl methyl sites for hydroxylation is 1. The molecule has 1 aromatic heterocycles.